The molecule has 1 saturated heterocycles. The zero-order valence-electron chi connectivity index (χ0n) is 17.3. The number of carbonyl (C=O) groups is 1. The van der Waals surface area contributed by atoms with Crippen LogP contribution >= 0.6 is 0 Å². The van der Waals surface area contributed by atoms with Gasteiger partial charge in [0, 0.05) is 24.5 Å². The van der Waals surface area contributed by atoms with E-state index in [1.807, 2.05) is 19.1 Å². The second-order valence-electron chi connectivity index (χ2n) is 7.02. The van der Waals surface area contributed by atoms with Gasteiger partial charge >= 0.3 is 5.97 Å². The maximum Gasteiger partial charge on any atom is 0.360 e. The molecule has 0 aliphatic carbocycles. The van der Waals surface area contributed by atoms with Crippen LogP contribution in [-0.2, 0) is 9.47 Å². The molecule has 9 nitrogen and oxygen atoms in total. The molecule has 0 atom stereocenters. The van der Waals surface area contributed by atoms with Gasteiger partial charge in [-0.25, -0.2) is 13.9 Å². The number of ether oxygens (including phenoxy) is 2. The molecule has 3 aromatic rings. The summed E-state index contributed by atoms with van der Waals surface area (Å²) < 4.78 is 26.0. The average molecular weight is 426 g/mol. The Balaban J connectivity index is 1.58. The second kappa shape index (κ2) is 9.09. The Morgan fingerprint density at radius 2 is 2.03 bits per heavy atom. The van der Waals surface area contributed by atoms with E-state index in [1.54, 1.807) is 13.1 Å². The number of aryl methyl sites for hydroxylation is 1. The number of halogens is 1. The number of aromatic nitrogens is 4. The number of hydrogen-bond donors (Lipinski definition) is 1. The molecule has 1 aliphatic rings. The van der Waals surface area contributed by atoms with E-state index in [0.717, 1.165) is 5.69 Å². The van der Waals surface area contributed by atoms with E-state index in [1.165, 1.54) is 23.0 Å². The summed E-state index contributed by atoms with van der Waals surface area (Å²) in [4.78, 5) is 18.3. The first-order valence-electron chi connectivity index (χ1n) is 10.0. The minimum atomic E-state index is -0.538. The number of morpholine rings is 1. The first-order chi connectivity index (χ1) is 15.0. The monoisotopic (exact) mass is 426 g/mol. The summed E-state index contributed by atoms with van der Waals surface area (Å²) in [6.07, 6.45) is 3.14. The molecule has 4 rings (SSSR count). The molecular weight excluding hydrogens is 403 g/mol. The minimum absolute atomic E-state index is 0.111. The summed E-state index contributed by atoms with van der Waals surface area (Å²) >= 11 is 0. The van der Waals surface area contributed by atoms with Crippen LogP contribution in [0.5, 0.6) is 0 Å². The number of nitrogens with zero attached hydrogens (tertiary/aromatic N) is 5. The van der Waals surface area contributed by atoms with Crippen LogP contribution in [0.3, 0.4) is 0 Å². The van der Waals surface area contributed by atoms with Crippen molar-refractivity contribution in [2.24, 2.45) is 0 Å². The van der Waals surface area contributed by atoms with Gasteiger partial charge in [-0.2, -0.15) is 0 Å². The van der Waals surface area contributed by atoms with Crippen molar-refractivity contribution in [2.45, 2.75) is 13.8 Å². The fourth-order valence-corrected chi connectivity index (χ4v) is 3.32. The minimum Gasteiger partial charge on any atom is -0.461 e. The third kappa shape index (κ3) is 4.80. The molecule has 0 bridgehead atoms. The number of nitrogens with one attached hydrogen (secondary N) is 1. The highest BCUT2D eigenvalue weighted by molar-refractivity contribution is 5.86. The van der Waals surface area contributed by atoms with Gasteiger partial charge in [-0.3, -0.25) is 4.98 Å². The Kier molecular flexibility index (Phi) is 6.08. The van der Waals surface area contributed by atoms with Gasteiger partial charge in [0.05, 0.1) is 49.3 Å². The Morgan fingerprint density at radius 1 is 1.23 bits per heavy atom. The van der Waals surface area contributed by atoms with Gasteiger partial charge in [-0.15, -0.1) is 5.10 Å². The van der Waals surface area contributed by atoms with Gasteiger partial charge < -0.3 is 19.7 Å². The zero-order chi connectivity index (χ0) is 21.8. The van der Waals surface area contributed by atoms with Crippen molar-refractivity contribution in [1.29, 1.82) is 0 Å². The molecule has 1 N–H and O–H groups in total. The van der Waals surface area contributed by atoms with Crippen molar-refractivity contribution < 1.29 is 18.7 Å². The highest BCUT2D eigenvalue weighted by Crippen LogP contribution is 2.26. The molecule has 0 saturated carbocycles. The molecule has 0 amide bonds. The molecule has 1 fully saturated rings. The molecule has 0 radical (unpaired) electrons. The van der Waals surface area contributed by atoms with Crippen molar-refractivity contribution in [3.63, 3.8) is 0 Å². The van der Waals surface area contributed by atoms with Gasteiger partial charge in [0.1, 0.15) is 5.82 Å². The van der Waals surface area contributed by atoms with E-state index in [4.69, 9.17) is 9.47 Å². The number of benzene rings is 1. The van der Waals surface area contributed by atoms with E-state index in [9.17, 15) is 9.18 Å². The summed E-state index contributed by atoms with van der Waals surface area (Å²) in [6.45, 7) is 6.48. The quantitative estimate of drug-likeness (QED) is 0.602. The highest BCUT2D eigenvalue weighted by atomic mass is 19.1. The lowest BCUT2D eigenvalue weighted by molar-refractivity contribution is 0.0519. The smallest absolute Gasteiger partial charge is 0.360 e. The van der Waals surface area contributed by atoms with Gasteiger partial charge in [-0.05, 0) is 38.1 Å². The van der Waals surface area contributed by atoms with Gasteiger partial charge in [0.15, 0.2) is 5.69 Å². The van der Waals surface area contributed by atoms with Crippen molar-refractivity contribution in [3.8, 4) is 5.69 Å². The lowest BCUT2D eigenvalue weighted by Crippen LogP contribution is -2.36. The molecule has 0 unspecified atom stereocenters. The van der Waals surface area contributed by atoms with E-state index in [2.05, 4.69) is 25.5 Å². The number of rotatable bonds is 6. The average Bonchev–Trinajstić information content (AvgIpc) is 3.26. The molecule has 162 valence electrons. The largest absolute Gasteiger partial charge is 0.461 e. The molecule has 1 aromatic carbocycles. The zero-order valence-corrected chi connectivity index (χ0v) is 17.3. The van der Waals surface area contributed by atoms with Crippen LogP contribution in [0.4, 0.5) is 21.5 Å². The fraction of sp³-hybridized carbons (Fsp3) is 0.333. The number of esters is 1. The van der Waals surface area contributed by atoms with Crippen LogP contribution in [0.15, 0.2) is 36.7 Å². The lowest BCUT2D eigenvalue weighted by atomic mass is 10.2. The first kappa shape index (κ1) is 20.7. The molecule has 2 aromatic heterocycles. The standard InChI is InChI=1S/C21H23FN6O3/c1-3-31-21(29)19-13-28(26-25-19)20-11-17(12-23-14(20)2)24-16-8-15(22)9-18(10-16)27-4-6-30-7-5-27/h8-13,24H,3-7H2,1-2H3. The van der Waals surface area contributed by atoms with Crippen LogP contribution in [0.2, 0.25) is 0 Å². The maximum absolute atomic E-state index is 14.3. The summed E-state index contributed by atoms with van der Waals surface area (Å²) in [5.74, 6) is -0.869. The third-order valence-corrected chi connectivity index (χ3v) is 4.83. The van der Waals surface area contributed by atoms with Gasteiger partial charge in [0.2, 0.25) is 0 Å². The van der Waals surface area contributed by atoms with Crippen LogP contribution in [-0.4, -0.2) is 58.9 Å². The van der Waals surface area contributed by atoms with Gasteiger partial charge in [-0.1, -0.05) is 5.21 Å². The maximum atomic E-state index is 14.3. The number of hydrogen-bond acceptors (Lipinski definition) is 8. The van der Waals surface area contributed by atoms with E-state index in [0.29, 0.717) is 49.1 Å². The Labute approximate surface area is 178 Å². The van der Waals surface area contributed by atoms with Crippen LogP contribution in [0.1, 0.15) is 23.1 Å². The van der Waals surface area contributed by atoms with E-state index < -0.39 is 5.97 Å². The summed E-state index contributed by atoms with van der Waals surface area (Å²) in [7, 11) is 0. The molecule has 1 aliphatic heterocycles. The molecule has 3 heterocycles. The van der Waals surface area contributed by atoms with Crippen molar-refractivity contribution >= 4 is 23.0 Å². The van der Waals surface area contributed by atoms with Crippen LogP contribution in [0, 0.1) is 12.7 Å². The van der Waals surface area contributed by atoms with Crippen LogP contribution < -0.4 is 10.2 Å². The van der Waals surface area contributed by atoms with Gasteiger partial charge in [0.25, 0.3) is 0 Å². The van der Waals surface area contributed by atoms with E-state index >= 15 is 0 Å². The van der Waals surface area contributed by atoms with Crippen molar-refractivity contribution in [3.05, 3.63) is 53.9 Å². The SMILES string of the molecule is CCOC(=O)c1cn(-c2cc(Nc3cc(F)cc(N4CCOCC4)c3)cnc2C)nn1. The highest BCUT2D eigenvalue weighted by Gasteiger charge is 2.15. The second-order valence-corrected chi connectivity index (χ2v) is 7.02. The normalized spacial score (nSPS) is 13.8. The topological polar surface area (TPSA) is 94.4 Å². The fourth-order valence-electron chi connectivity index (χ4n) is 3.32. The molecule has 10 heteroatoms. The Hall–Kier alpha value is -3.53. The van der Waals surface area contributed by atoms with E-state index in [-0.39, 0.29) is 18.1 Å². The summed E-state index contributed by atoms with van der Waals surface area (Å²) in [6, 6.07) is 6.65. The predicted octanol–water partition coefficient (Wildman–Crippen LogP) is 2.87. The molecular formula is C21H23FN6O3. The van der Waals surface area contributed by atoms with Crippen LogP contribution in [0.25, 0.3) is 5.69 Å². The Bertz CT molecular complexity index is 1080. The summed E-state index contributed by atoms with van der Waals surface area (Å²) in [5.41, 5.74) is 3.48. The number of pyridine rings is 1. The van der Waals surface area contributed by atoms with Crippen molar-refractivity contribution in [1.82, 2.24) is 20.0 Å². The molecule has 31 heavy (non-hydrogen) atoms. The summed E-state index contributed by atoms with van der Waals surface area (Å²) in [5, 5.41) is 11.1. The lowest BCUT2D eigenvalue weighted by Gasteiger charge is -2.29. The Morgan fingerprint density at radius 3 is 2.81 bits per heavy atom. The first-order valence-corrected chi connectivity index (χ1v) is 10.0. The third-order valence-electron chi connectivity index (χ3n) is 4.83. The molecule has 0 spiro atoms. The predicted molar refractivity (Wildman–Crippen MR) is 113 cm³/mol. The number of carbonyl (C=O) groups excluding carboxylic acids is 1. The number of anilines is 3. The van der Waals surface area contributed by atoms with Crippen molar-refractivity contribution in [2.75, 3.05) is 43.1 Å².